The molecule has 0 aliphatic carbocycles. The van der Waals surface area contributed by atoms with Gasteiger partial charge in [-0.25, -0.2) is 4.68 Å². The van der Waals surface area contributed by atoms with Crippen LogP contribution in [0.2, 0.25) is 5.02 Å². The molecule has 0 radical (unpaired) electrons. The molecule has 0 saturated carbocycles. The number of rotatable bonds is 3. The zero-order valence-electron chi connectivity index (χ0n) is 11.1. The van der Waals surface area contributed by atoms with Crippen molar-refractivity contribution >= 4 is 11.6 Å². The molecule has 4 nitrogen and oxygen atoms in total. The van der Waals surface area contributed by atoms with Crippen LogP contribution < -0.4 is 0 Å². The quantitative estimate of drug-likeness (QED) is 0.742. The smallest absolute Gasteiger partial charge is 0.190 e. The molecule has 3 rings (SSSR count). The van der Waals surface area contributed by atoms with Gasteiger partial charge >= 0.3 is 0 Å². The van der Waals surface area contributed by atoms with E-state index in [9.17, 15) is 5.26 Å². The SMILES string of the molecule is N#Cc1nnn(Cc2ccccc2)c1-c1ccc(Cl)cc1. The maximum atomic E-state index is 9.22. The van der Waals surface area contributed by atoms with Gasteiger partial charge in [-0.3, -0.25) is 0 Å². The van der Waals surface area contributed by atoms with Gasteiger partial charge in [-0.2, -0.15) is 5.26 Å². The van der Waals surface area contributed by atoms with Crippen LogP contribution >= 0.6 is 11.6 Å². The molecule has 102 valence electrons. The van der Waals surface area contributed by atoms with Crippen molar-refractivity contribution in [1.82, 2.24) is 15.0 Å². The van der Waals surface area contributed by atoms with Gasteiger partial charge in [0, 0.05) is 10.6 Å². The van der Waals surface area contributed by atoms with Crippen LogP contribution in [0.1, 0.15) is 11.3 Å². The fraction of sp³-hybridized carbons (Fsp3) is 0.0625. The van der Waals surface area contributed by atoms with Gasteiger partial charge in [0.1, 0.15) is 11.8 Å². The number of nitrogens with zero attached hydrogens (tertiary/aromatic N) is 4. The summed E-state index contributed by atoms with van der Waals surface area (Å²) in [4.78, 5) is 0. The van der Waals surface area contributed by atoms with Crippen molar-refractivity contribution in [2.45, 2.75) is 6.54 Å². The van der Waals surface area contributed by atoms with Gasteiger partial charge in [0.25, 0.3) is 0 Å². The highest BCUT2D eigenvalue weighted by molar-refractivity contribution is 6.30. The van der Waals surface area contributed by atoms with Crippen LogP contribution in [0.4, 0.5) is 0 Å². The van der Waals surface area contributed by atoms with E-state index in [0.717, 1.165) is 11.1 Å². The van der Waals surface area contributed by atoms with Crippen molar-refractivity contribution < 1.29 is 0 Å². The lowest BCUT2D eigenvalue weighted by molar-refractivity contribution is 0.655. The molecule has 0 aliphatic heterocycles. The van der Waals surface area contributed by atoms with Gasteiger partial charge in [-0.1, -0.05) is 59.3 Å². The van der Waals surface area contributed by atoms with Gasteiger partial charge in [0.2, 0.25) is 0 Å². The van der Waals surface area contributed by atoms with Crippen molar-refractivity contribution in [1.29, 1.82) is 5.26 Å². The zero-order chi connectivity index (χ0) is 14.7. The summed E-state index contributed by atoms with van der Waals surface area (Å²) in [5, 5.41) is 17.9. The first-order valence-electron chi connectivity index (χ1n) is 6.41. The fourth-order valence-electron chi connectivity index (χ4n) is 2.15. The van der Waals surface area contributed by atoms with E-state index in [0.29, 0.717) is 23.0 Å². The molecule has 3 aromatic rings. The highest BCUT2D eigenvalue weighted by Gasteiger charge is 2.14. The molecule has 5 heteroatoms. The van der Waals surface area contributed by atoms with Crippen molar-refractivity contribution in [2.75, 3.05) is 0 Å². The molecule has 0 spiro atoms. The van der Waals surface area contributed by atoms with Crippen molar-refractivity contribution in [3.63, 3.8) is 0 Å². The van der Waals surface area contributed by atoms with E-state index >= 15 is 0 Å². The van der Waals surface area contributed by atoms with Crippen LogP contribution in [-0.2, 0) is 6.54 Å². The standard InChI is InChI=1S/C16H11ClN4/c17-14-8-6-13(7-9-14)16-15(10-18)19-20-21(16)11-12-4-2-1-3-5-12/h1-9H,11H2. The number of nitriles is 1. The zero-order valence-corrected chi connectivity index (χ0v) is 11.8. The largest absolute Gasteiger partial charge is 0.239 e. The summed E-state index contributed by atoms with van der Waals surface area (Å²) in [6.07, 6.45) is 0. The number of aromatic nitrogens is 3. The Labute approximate surface area is 127 Å². The van der Waals surface area contributed by atoms with Crippen LogP contribution in [0, 0.1) is 11.3 Å². The number of benzene rings is 2. The predicted octanol–water partition coefficient (Wildman–Crippen LogP) is 3.52. The van der Waals surface area contributed by atoms with Crippen LogP contribution in [0.25, 0.3) is 11.3 Å². The third-order valence-corrected chi connectivity index (χ3v) is 3.39. The summed E-state index contributed by atoms with van der Waals surface area (Å²) in [6, 6.07) is 19.3. The van der Waals surface area contributed by atoms with E-state index in [4.69, 9.17) is 11.6 Å². The van der Waals surface area contributed by atoms with Gasteiger partial charge in [-0.05, 0) is 17.7 Å². The summed E-state index contributed by atoms with van der Waals surface area (Å²) in [7, 11) is 0. The minimum absolute atomic E-state index is 0.313. The van der Waals surface area contributed by atoms with Crippen molar-refractivity contribution in [3.05, 3.63) is 70.9 Å². The molecule has 0 aliphatic rings. The van der Waals surface area contributed by atoms with E-state index in [1.807, 2.05) is 42.5 Å². The second kappa shape index (κ2) is 5.78. The molecular formula is C16H11ClN4. The lowest BCUT2D eigenvalue weighted by Crippen LogP contribution is -2.04. The second-order valence-corrected chi connectivity index (χ2v) is 4.99. The van der Waals surface area contributed by atoms with Crippen molar-refractivity contribution in [3.8, 4) is 17.3 Å². The molecular weight excluding hydrogens is 284 g/mol. The minimum Gasteiger partial charge on any atom is -0.239 e. The molecule has 0 amide bonds. The third kappa shape index (κ3) is 2.78. The summed E-state index contributed by atoms with van der Waals surface area (Å²) in [5.41, 5.74) is 2.99. The monoisotopic (exact) mass is 294 g/mol. The fourth-order valence-corrected chi connectivity index (χ4v) is 2.27. The van der Waals surface area contributed by atoms with E-state index < -0.39 is 0 Å². The average molecular weight is 295 g/mol. The number of hydrogen-bond acceptors (Lipinski definition) is 3. The molecule has 1 heterocycles. The topological polar surface area (TPSA) is 54.5 Å². The van der Waals surface area contributed by atoms with Crippen molar-refractivity contribution in [2.24, 2.45) is 0 Å². The first-order chi connectivity index (χ1) is 10.3. The van der Waals surface area contributed by atoms with E-state index in [-0.39, 0.29) is 0 Å². The number of halogens is 1. The van der Waals surface area contributed by atoms with Crippen LogP contribution in [0.3, 0.4) is 0 Å². The van der Waals surface area contributed by atoms with Crippen LogP contribution in [-0.4, -0.2) is 15.0 Å². The lowest BCUT2D eigenvalue weighted by Gasteiger charge is -2.07. The molecule has 21 heavy (non-hydrogen) atoms. The summed E-state index contributed by atoms with van der Waals surface area (Å²) in [6.45, 7) is 0.563. The molecule has 1 aromatic heterocycles. The van der Waals surface area contributed by atoms with Gasteiger partial charge < -0.3 is 0 Å². The summed E-state index contributed by atoms with van der Waals surface area (Å²) < 4.78 is 1.73. The average Bonchev–Trinajstić information content (AvgIpc) is 2.92. The molecule has 0 bridgehead atoms. The molecule has 0 saturated heterocycles. The first kappa shape index (κ1) is 13.3. The van der Waals surface area contributed by atoms with E-state index in [1.165, 1.54) is 0 Å². The summed E-state index contributed by atoms with van der Waals surface area (Å²) >= 11 is 5.91. The van der Waals surface area contributed by atoms with Gasteiger partial charge in [-0.15, -0.1) is 5.10 Å². The van der Waals surface area contributed by atoms with Gasteiger partial charge in [0.05, 0.1) is 6.54 Å². The Morgan fingerprint density at radius 2 is 1.76 bits per heavy atom. The molecule has 0 atom stereocenters. The Hall–Kier alpha value is -2.64. The predicted molar refractivity (Wildman–Crippen MR) is 80.7 cm³/mol. The van der Waals surface area contributed by atoms with Crippen LogP contribution in [0.5, 0.6) is 0 Å². The second-order valence-electron chi connectivity index (χ2n) is 4.55. The molecule has 0 N–H and O–H groups in total. The minimum atomic E-state index is 0.313. The van der Waals surface area contributed by atoms with Crippen LogP contribution in [0.15, 0.2) is 54.6 Å². The summed E-state index contributed by atoms with van der Waals surface area (Å²) in [5.74, 6) is 0. The Bertz CT molecular complexity index is 785. The first-order valence-corrected chi connectivity index (χ1v) is 6.79. The lowest BCUT2D eigenvalue weighted by atomic mass is 10.1. The maximum absolute atomic E-state index is 9.22. The van der Waals surface area contributed by atoms with E-state index in [1.54, 1.807) is 16.8 Å². The van der Waals surface area contributed by atoms with Gasteiger partial charge in [0.15, 0.2) is 5.69 Å². The Balaban J connectivity index is 2.04. The highest BCUT2D eigenvalue weighted by Crippen LogP contribution is 2.24. The molecule has 2 aromatic carbocycles. The Morgan fingerprint density at radius 1 is 1.05 bits per heavy atom. The maximum Gasteiger partial charge on any atom is 0.190 e. The molecule has 0 unspecified atom stereocenters. The molecule has 0 fully saturated rings. The Morgan fingerprint density at radius 3 is 2.43 bits per heavy atom. The van der Waals surface area contributed by atoms with E-state index in [2.05, 4.69) is 16.4 Å². The third-order valence-electron chi connectivity index (χ3n) is 3.13. The normalized spacial score (nSPS) is 10.3. The highest BCUT2D eigenvalue weighted by atomic mass is 35.5. The Kier molecular flexibility index (Phi) is 3.67. The number of hydrogen-bond donors (Lipinski definition) is 0.